The van der Waals surface area contributed by atoms with E-state index < -0.39 is 17.9 Å². The summed E-state index contributed by atoms with van der Waals surface area (Å²) in [7, 11) is 0. The van der Waals surface area contributed by atoms with Crippen LogP contribution >= 0.6 is 0 Å². The lowest BCUT2D eigenvalue weighted by Crippen LogP contribution is -2.19. The van der Waals surface area contributed by atoms with Crippen molar-refractivity contribution < 1.29 is 14.7 Å². The fourth-order valence-corrected chi connectivity index (χ4v) is 1.31. The van der Waals surface area contributed by atoms with Crippen molar-refractivity contribution in [3.63, 3.8) is 0 Å². The van der Waals surface area contributed by atoms with Crippen LogP contribution in [0.4, 0.5) is 10.5 Å². The highest BCUT2D eigenvalue weighted by Gasteiger charge is 2.11. The molecule has 0 saturated heterocycles. The van der Waals surface area contributed by atoms with Crippen molar-refractivity contribution >= 4 is 17.7 Å². The molecule has 0 bridgehead atoms. The molecule has 1 atom stereocenters. The molecule has 5 nitrogen and oxygen atoms in total. The highest BCUT2D eigenvalue weighted by atomic mass is 16.4. The first-order chi connectivity index (χ1) is 7.49. The van der Waals surface area contributed by atoms with E-state index in [9.17, 15) is 9.59 Å². The fraction of sp³-hybridized carbons (Fsp3) is 0.273. The number of carbonyl (C=O) groups excluding carboxylic acids is 1. The molecule has 16 heavy (non-hydrogen) atoms. The van der Waals surface area contributed by atoms with E-state index in [1.165, 1.54) is 0 Å². The highest BCUT2D eigenvalue weighted by molar-refractivity contribution is 5.87. The lowest BCUT2D eigenvalue weighted by atomic mass is 10.0. The molecule has 0 heterocycles. The summed E-state index contributed by atoms with van der Waals surface area (Å²) in [5.74, 6) is -1.24. The third-order valence-electron chi connectivity index (χ3n) is 2.18. The lowest BCUT2D eigenvalue weighted by molar-refractivity contribution is -0.141. The number of hydrogen-bond donors (Lipinski definition) is 3. The number of benzene rings is 1. The molecule has 0 aromatic heterocycles. The number of hydrogen-bond acceptors (Lipinski definition) is 2. The van der Waals surface area contributed by atoms with Gasteiger partial charge in [-0.1, -0.05) is 19.1 Å². The van der Waals surface area contributed by atoms with Gasteiger partial charge in [0.15, 0.2) is 0 Å². The predicted molar refractivity (Wildman–Crippen MR) is 60.2 cm³/mol. The number of nitrogens with two attached hydrogens (primary N) is 1. The van der Waals surface area contributed by atoms with Crippen LogP contribution in [0, 0.1) is 5.92 Å². The molecule has 0 spiro atoms. The molecular weight excluding hydrogens is 208 g/mol. The van der Waals surface area contributed by atoms with Crippen LogP contribution in [0.3, 0.4) is 0 Å². The second-order valence-corrected chi connectivity index (χ2v) is 3.63. The van der Waals surface area contributed by atoms with Crippen molar-refractivity contribution in [2.75, 3.05) is 5.32 Å². The number of primary amides is 1. The number of urea groups is 1. The number of nitrogens with one attached hydrogen (secondary N) is 1. The summed E-state index contributed by atoms with van der Waals surface area (Å²) >= 11 is 0. The second kappa shape index (κ2) is 5.16. The smallest absolute Gasteiger partial charge is 0.316 e. The Labute approximate surface area is 93.3 Å². The van der Waals surface area contributed by atoms with E-state index in [1.807, 2.05) is 0 Å². The summed E-state index contributed by atoms with van der Waals surface area (Å²) in [6.45, 7) is 1.65. The first kappa shape index (κ1) is 12.0. The summed E-state index contributed by atoms with van der Waals surface area (Å²) in [4.78, 5) is 21.2. The molecule has 4 N–H and O–H groups in total. The number of aliphatic carboxylic acids is 1. The Morgan fingerprint density at radius 2 is 1.94 bits per heavy atom. The van der Waals surface area contributed by atoms with E-state index in [4.69, 9.17) is 10.8 Å². The van der Waals surface area contributed by atoms with Crippen LogP contribution in [-0.4, -0.2) is 17.1 Å². The Balaban J connectivity index is 2.64. The van der Waals surface area contributed by atoms with Gasteiger partial charge in [0.1, 0.15) is 0 Å². The Kier molecular flexibility index (Phi) is 3.88. The zero-order valence-corrected chi connectivity index (χ0v) is 8.93. The van der Waals surface area contributed by atoms with E-state index in [0.29, 0.717) is 12.1 Å². The SMILES string of the molecule is CC(Cc1ccc(NC(N)=O)cc1)C(=O)O. The number of rotatable bonds is 4. The molecule has 0 fully saturated rings. The largest absolute Gasteiger partial charge is 0.481 e. The third-order valence-corrected chi connectivity index (χ3v) is 2.18. The van der Waals surface area contributed by atoms with E-state index in [0.717, 1.165) is 5.56 Å². The molecule has 1 unspecified atom stereocenters. The monoisotopic (exact) mass is 222 g/mol. The normalized spacial score (nSPS) is 11.8. The molecule has 0 aliphatic carbocycles. The first-order valence-corrected chi connectivity index (χ1v) is 4.87. The predicted octanol–water partition coefficient (Wildman–Crippen LogP) is 1.44. The van der Waals surface area contributed by atoms with Crippen molar-refractivity contribution in [1.82, 2.24) is 0 Å². The average Bonchev–Trinajstić information content (AvgIpc) is 2.20. The Morgan fingerprint density at radius 1 is 1.38 bits per heavy atom. The maximum atomic E-state index is 10.6. The molecular formula is C11H14N2O3. The Hall–Kier alpha value is -2.04. The number of amides is 2. The van der Waals surface area contributed by atoms with Gasteiger partial charge in [0.05, 0.1) is 5.92 Å². The molecule has 0 aliphatic rings. The van der Waals surface area contributed by atoms with Gasteiger partial charge in [-0.15, -0.1) is 0 Å². The van der Waals surface area contributed by atoms with Crippen molar-refractivity contribution in [2.24, 2.45) is 11.7 Å². The van der Waals surface area contributed by atoms with Gasteiger partial charge in [0.25, 0.3) is 0 Å². The van der Waals surface area contributed by atoms with Gasteiger partial charge in [-0.25, -0.2) is 4.79 Å². The molecule has 2 amide bonds. The van der Waals surface area contributed by atoms with Gasteiger partial charge < -0.3 is 16.2 Å². The quantitative estimate of drug-likeness (QED) is 0.719. The maximum Gasteiger partial charge on any atom is 0.316 e. The standard InChI is InChI=1S/C11H14N2O3/c1-7(10(14)15)6-8-2-4-9(5-3-8)13-11(12)16/h2-5,7H,6H2,1H3,(H,14,15)(H3,12,13,16). The van der Waals surface area contributed by atoms with Gasteiger partial charge >= 0.3 is 12.0 Å². The summed E-state index contributed by atoms with van der Waals surface area (Å²) in [5.41, 5.74) is 6.46. The lowest BCUT2D eigenvalue weighted by Gasteiger charge is -2.07. The summed E-state index contributed by atoms with van der Waals surface area (Å²) < 4.78 is 0. The van der Waals surface area contributed by atoms with Gasteiger partial charge in [0, 0.05) is 5.69 Å². The molecule has 86 valence electrons. The second-order valence-electron chi connectivity index (χ2n) is 3.63. The van der Waals surface area contributed by atoms with Crippen LogP contribution in [0.25, 0.3) is 0 Å². The van der Waals surface area contributed by atoms with Crippen LogP contribution in [0.15, 0.2) is 24.3 Å². The maximum absolute atomic E-state index is 10.6. The topological polar surface area (TPSA) is 92.4 Å². The van der Waals surface area contributed by atoms with Gasteiger partial charge in [-0.3, -0.25) is 4.79 Å². The van der Waals surface area contributed by atoms with E-state index in [-0.39, 0.29) is 0 Å². The number of carboxylic acids is 1. The molecule has 5 heteroatoms. The zero-order chi connectivity index (χ0) is 12.1. The minimum absolute atomic E-state index is 0.421. The van der Waals surface area contributed by atoms with Crippen LogP contribution in [0.1, 0.15) is 12.5 Å². The third kappa shape index (κ3) is 3.61. The van der Waals surface area contributed by atoms with Crippen molar-refractivity contribution in [3.8, 4) is 0 Å². The van der Waals surface area contributed by atoms with Crippen LogP contribution < -0.4 is 11.1 Å². The Morgan fingerprint density at radius 3 is 2.38 bits per heavy atom. The average molecular weight is 222 g/mol. The molecule has 1 rings (SSSR count). The van der Waals surface area contributed by atoms with Crippen molar-refractivity contribution in [1.29, 1.82) is 0 Å². The summed E-state index contributed by atoms with van der Waals surface area (Å²) in [6.07, 6.45) is 0.464. The number of anilines is 1. The van der Waals surface area contributed by atoms with Crippen LogP contribution in [-0.2, 0) is 11.2 Å². The first-order valence-electron chi connectivity index (χ1n) is 4.87. The summed E-state index contributed by atoms with van der Waals surface area (Å²) in [6, 6.07) is 6.30. The fourth-order valence-electron chi connectivity index (χ4n) is 1.31. The van der Waals surface area contributed by atoms with Crippen LogP contribution in [0.2, 0.25) is 0 Å². The Bertz CT molecular complexity index is 387. The van der Waals surface area contributed by atoms with Gasteiger partial charge in [-0.05, 0) is 24.1 Å². The van der Waals surface area contributed by atoms with E-state index in [2.05, 4.69) is 5.32 Å². The zero-order valence-electron chi connectivity index (χ0n) is 8.93. The van der Waals surface area contributed by atoms with Gasteiger partial charge in [-0.2, -0.15) is 0 Å². The molecule has 0 saturated carbocycles. The van der Waals surface area contributed by atoms with Crippen molar-refractivity contribution in [2.45, 2.75) is 13.3 Å². The van der Waals surface area contributed by atoms with E-state index >= 15 is 0 Å². The number of carbonyl (C=O) groups is 2. The molecule has 1 aromatic rings. The minimum atomic E-state index is -0.820. The van der Waals surface area contributed by atoms with Gasteiger partial charge in [0.2, 0.25) is 0 Å². The molecule has 1 aromatic carbocycles. The van der Waals surface area contributed by atoms with Crippen LogP contribution in [0.5, 0.6) is 0 Å². The highest BCUT2D eigenvalue weighted by Crippen LogP contribution is 2.13. The summed E-state index contributed by atoms with van der Waals surface area (Å²) in [5, 5.41) is 11.2. The van der Waals surface area contributed by atoms with Crippen molar-refractivity contribution in [3.05, 3.63) is 29.8 Å². The number of carboxylic acid groups (broad SMARTS) is 1. The minimum Gasteiger partial charge on any atom is -0.481 e. The van der Waals surface area contributed by atoms with E-state index in [1.54, 1.807) is 31.2 Å². The molecule has 0 aliphatic heterocycles. The molecule has 0 radical (unpaired) electrons.